The molecule has 0 saturated heterocycles. The van der Waals surface area contributed by atoms with Gasteiger partial charge in [-0.1, -0.05) is 6.92 Å². The number of rotatable bonds is 4. The van der Waals surface area contributed by atoms with Gasteiger partial charge in [-0.3, -0.25) is 9.59 Å². The Labute approximate surface area is 99.4 Å². The zero-order valence-electron chi connectivity index (χ0n) is 9.49. The number of carbonyl (C=O) groups excluding carboxylic acids is 2. The zero-order valence-corrected chi connectivity index (χ0v) is 9.49. The highest BCUT2D eigenvalue weighted by Crippen LogP contribution is 2.13. The quantitative estimate of drug-likeness (QED) is 0.830. The minimum atomic E-state index is -0.349. The number of nitrogens with zero attached hydrogens (tertiary/aromatic N) is 1. The smallest absolute Gasteiger partial charge is 0.238 e. The van der Waals surface area contributed by atoms with Crippen molar-refractivity contribution in [2.75, 3.05) is 10.6 Å². The highest BCUT2D eigenvalue weighted by atomic mass is 16.2. The molecule has 5 nitrogen and oxygen atoms in total. The van der Waals surface area contributed by atoms with E-state index in [2.05, 4.69) is 10.6 Å². The van der Waals surface area contributed by atoms with Crippen LogP contribution in [-0.2, 0) is 9.59 Å². The predicted molar refractivity (Wildman–Crippen MR) is 64.2 cm³/mol. The second-order valence-electron chi connectivity index (χ2n) is 3.36. The number of anilines is 2. The fraction of sp³-hybridized carbons (Fsp3) is 0.250. The fourth-order valence-electron chi connectivity index (χ4n) is 1.16. The first kappa shape index (κ1) is 12.7. The molecule has 0 spiro atoms. The molecule has 0 saturated carbocycles. The lowest BCUT2D eigenvalue weighted by molar-refractivity contribution is -0.116. The van der Waals surface area contributed by atoms with Gasteiger partial charge in [0.15, 0.2) is 0 Å². The molecule has 2 amide bonds. The number of nitriles is 1. The number of amides is 2. The molecule has 0 heterocycles. The number of hydrogen-bond donors (Lipinski definition) is 2. The van der Waals surface area contributed by atoms with E-state index >= 15 is 0 Å². The summed E-state index contributed by atoms with van der Waals surface area (Å²) in [5, 5.41) is 13.6. The van der Waals surface area contributed by atoms with Crippen molar-refractivity contribution in [1.82, 2.24) is 0 Å². The van der Waals surface area contributed by atoms with Gasteiger partial charge in [-0.15, -0.1) is 0 Å². The Morgan fingerprint density at radius 1 is 1.12 bits per heavy atom. The predicted octanol–water partition coefficient (Wildman–Crippen LogP) is 1.89. The number of carbonyl (C=O) groups is 2. The van der Waals surface area contributed by atoms with Crippen molar-refractivity contribution in [3.63, 3.8) is 0 Å². The molecule has 0 fully saturated rings. The van der Waals surface area contributed by atoms with Gasteiger partial charge in [0.25, 0.3) is 0 Å². The van der Waals surface area contributed by atoms with E-state index in [0.717, 1.165) is 0 Å². The third-order valence-corrected chi connectivity index (χ3v) is 2.01. The zero-order chi connectivity index (χ0) is 12.7. The molecular weight excluding hydrogens is 218 g/mol. The summed E-state index contributed by atoms with van der Waals surface area (Å²) in [6.45, 7) is 1.77. The summed E-state index contributed by atoms with van der Waals surface area (Å²) in [7, 11) is 0. The fourth-order valence-corrected chi connectivity index (χ4v) is 1.16. The third-order valence-electron chi connectivity index (χ3n) is 2.01. The van der Waals surface area contributed by atoms with Crippen LogP contribution in [0.1, 0.15) is 19.8 Å². The lowest BCUT2D eigenvalue weighted by Gasteiger charge is -2.06. The van der Waals surface area contributed by atoms with Crippen molar-refractivity contribution in [2.45, 2.75) is 19.8 Å². The largest absolute Gasteiger partial charge is 0.326 e. The molecule has 0 aromatic heterocycles. The summed E-state index contributed by atoms with van der Waals surface area (Å²) in [5.41, 5.74) is 1.27. The van der Waals surface area contributed by atoms with Crippen LogP contribution >= 0.6 is 0 Å². The van der Waals surface area contributed by atoms with Gasteiger partial charge in [-0.2, -0.15) is 5.26 Å². The Kier molecular flexibility index (Phi) is 4.70. The molecule has 88 valence electrons. The van der Waals surface area contributed by atoms with Gasteiger partial charge in [0.2, 0.25) is 11.8 Å². The average Bonchev–Trinajstić information content (AvgIpc) is 2.32. The second kappa shape index (κ2) is 6.28. The van der Waals surface area contributed by atoms with Gasteiger partial charge in [0.1, 0.15) is 6.42 Å². The SMILES string of the molecule is CCC(=O)Nc1ccc(NC(=O)CC#N)cc1. The molecule has 5 heteroatoms. The van der Waals surface area contributed by atoms with Crippen LogP contribution in [0.3, 0.4) is 0 Å². The molecule has 0 radical (unpaired) electrons. The summed E-state index contributed by atoms with van der Waals surface area (Å²) >= 11 is 0. The Morgan fingerprint density at radius 3 is 2.00 bits per heavy atom. The van der Waals surface area contributed by atoms with Crippen LogP contribution in [0.25, 0.3) is 0 Å². The van der Waals surface area contributed by atoms with Gasteiger partial charge in [0, 0.05) is 17.8 Å². The van der Waals surface area contributed by atoms with E-state index in [4.69, 9.17) is 5.26 Å². The number of benzene rings is 1. The molecule has 1 rings (SSSR count). The molecular formula is C12H13N3O2. The highest BCUT2D eigenvalue weighted by Gasteiger charge is 2.02. The van der Waals surface area contributed by atoms with Crippen LogP contribution in [0.15, 0.2) is 24.3 Å². The summed E-state index contributed by atoms with van der Waals surface area (Å²) in [6, 6.07) is 8.48. The summed E-state index contributed by atoms with van der Waals surface area (Å²) in [5.74, 6) is -0.413. The molecule has 0 unspecified atom stereocenters. The molecule has 0 bridgehead atoms. The Balaban J connectivity index is 2.59. The van der Waals surface area contributed by atoms with Crippen LogP contribution in [0, 0.1) is 11.3 Å². The van der Waals surface area contributed by atoms with E-state index < -0.39 is 0 Å². The molecule has 17 heavy (non-hydrogen) atoms. The van der Waals surface area contributed by atoms with Gasteiger partial charge < -0.3 is 10.6 Å². The maximum Gasteiger partial charge on any atom is 0.238 e. The van der Waals surface area contributed by atoms with E-state index in [1.165, 1.54) is 0 Å². The van der Waals surface area contributed by atoms with Crippen LogP contribution in [0.4, 0.5) is 11.4 Å². The maximum absolute atomic E-state index is 11.1. The summed E-state index contributed by atoms with van der Waals surface area (Å²) in [4.78, 5) is 22.2. The lowest BCUT2D eigenvalue weighted by Crippen LogP contribution is -2.11. The van der Waals surface area contributed by atoms with Gasteiger partial charge >= 0.3 is 0 Å². The van der Waals surface area contributed by atoms with Gasteiger partial charge in [-0.05, 0) is 24.3 Å². The first-order valence-corrected chi connectivity index (χ1v) is 5.22. The molecule has 1 aromatic carbocycles. The summed E-state index contributed by atoms with van der Waals surface area (Å²) < 4.78 is 0. The maximum atomic E-state index is 11.1. The van der Waals surface area contributed by atoms with Crippen molar-refractivity contribution in [3.05, 3.63) is 24.3 Å². The third kappa shape index (κ3) is 4.34. The Bertz CT molecular complexity index is 446. The Hall–Kier alpha value is -2.35. The monoisotopic (exact) mass is 231 g/mol. The lowest BCUT2D eigenvalue weighted by atomic mass is 10.2. The standard InChI is InChI=1S/C12H13N3O2/c1-2-11(16)14-9-3-5-10(6-4-9)15-12(17)7-8-13/h3-6H,2,7H2,1H3,(H,14,16)(H,15,17). The van der Waals surface area contributed by atoms with Crippen molar-refractivity contribution in [2.24, 2.45) is 0 Å². The van der Waals surface area contributed by atoms with Gasteiger partial charge in [-0.25, -0.2) is 0 Å². The van der Waals surface area contributed by atoms with Crippen LogP contribution in [0.5, 0.6) is 0 Å². The number of nitrogens with one attached hydrogen (secondary N) is 2. The highest BCUT2D eigenvalue weighted by molar-refractivity contribution is 5.93. The van der Waals surface area contributed by atoms with Crippen LogP contribution < -0.4 is 10.6 Å². The van der Waals surface area contributed by atoms with Crippen LogP contribution in [-0.4, -0.2) is 11.8 Å². The normalized spacial score (nSPS) is 9.18. The topological polar surface area (TPSA) is 82.0 Å². The average molecular weight is 231 g/mol. The first-order valence-electron chi connectivity index (χ1n) is 5.22. The molecule has 0 aliphatic rings. The van der Waals surface area contributed by atoms with Crippen LogP contribution in [0.2, 0.25) is 0 Å². The second-order valence-corrected chi connectivity index (χ2v) is 3.36. The van der Waals surface area contributed by atoms with E-state index in [1.807, 2.05) is 0 Å². The van der Waals surface area contributed by atoms with E-state index in [1.54, 1.807) is 37.3 Å². The molecule has 2 N–H and O–H groups in total. The first-order chi connectivity index (χ1) is 8.15. The van der Waals surface area contributed by atoms with E-state index in [9.17, 15) is 9.59 Å². The number of hydrogen-bond acceptors (Lipinski definition) is 3. The molecule has 1 aromatic rings. The van der Waals surface area contributed by atoms with Crippen molar-refractivity contribution >= 4 is 23.2 Å². The summed E-state index contributed by atoms with van der Waals surface area (Å²) in [6.07, 6.45) is 0.245. The van der Waals surface area contributed by atoms with Crippen molar-refractivity contribution in [1.29, 1.82) is 5.26 Å². The van der Waals surface area contributed by atoms with Gasteiger partial charge in [0.05, 0.1) is 6.07 Å². The Morgan fingerprint density at radius 2 is 1.59 bits per heavy atom. The van der Waals surface area contributed by atoms with Crippen molar-refractivity contribution < 1.29 is 9.59 Å². The van der Waals surface area contributed by atoms with E-state index in [0.29, 0.717) is 17.8 Å². The minimum Gasteiger partial charge on any atom is -0.326 e. The minimum absolute atomic E-state index is 0.0636. The molecule has 0 aliphatic heterocycles. The molecule has 0 aliphatic carbocycles. The molecule has 0 atom stereocenters. The van der Waals surface area contributed by atoms with Crippen molar-refractivity contribution in [3.8, 4) is 6.07 Å². The van der Waals surface area contributed by atoms with E-state index in [-0.39, 0.29) is 18.2 Å².